The molecule has 3 heterocycles. The highest BCUT2D eigenvalue weighted by Gasteiger charge is 2.19. The Balaban J connectivity index is 1.45. The van der Waals surface area contributed by atoms with E-state index in [1.165, 1.54) is 5.56 Å². The molecule has 0 bridgehead atoms. The minimum Gasteiger partial charge on any atom is -0.455 e. The van der Waals surface area contributed by atoms with Crippen molar-refractivity contribution in [2.45, 2.75) is 0 Å². The first-order chi connectivity index (χ1) is 19.3. The fourth-order valence-electron chi connectivity index (χ4n) is 5.65. The normalized spacial score (nSPS) is 11.6. The molecule has 0 atom stereocenters. The lowest BCUT2D eigenvalue weighted by Crippen LogP contribution is -1.89. The summed E-state index contributed by atoms with van der Waals surface area (Å²) in [6.07, 6.45) is 1.83. The summed E-state index contributed by atoms with van der Waals surface area (Å²) < 4.78 is 6.61. The number of hydrogen-bond acceptors (Lipinski definition) is 3. The molecule has 0 amide bonds. The number of hydrogen-bond donors (Lipinski definition) is 0. The van der Waals surface area contributed by atoms with Crippen molar-refractivity contribution < 1.29 is 4.42 Å². The number of nitrogens with zero attached hydrogens (tertiary/aromatic N) is 2. The van der Waals surface area contributed by atoms with Gasteiger partial charge in [0.15, 0.2) is 0 Å². The standard InChI is InChI=1S/C36H22N2O/c1-3-9-23(10-4-1)27-21-29(24-11-5-2-6-12-24)36-30(22-27)33-28(14-7-15-32(33)39-36)31-19-18-26-17-16-25-13-8-20-37-34(25)35(26)38-31/h1-22H. The number of rotatable bonds is 3. The van der Waals surface area contributed by atoms with Gasteiger partial charge in [0.1, 0.15) is 11.2 Å². The largest absolute Gasteiger partial charge is 0.455 e. The monoisotopic (exact) mass is 498 g/mol. The van der Waals surface area contributed by atoms with Crippen LogP contribution in [-0.4, -0.2) is 9.97 Å². The van der Waals surface area contributed by atoms with Crippen molar-refractivity contribution in [3.8, 4) is 33.5 Å². The van der Waals surface area contributed by atoms with Gasteiger partial charge in [-0.15, -0.1) is 0 Å². The molecule has 39 heavy (non-hydrogen) atoms. The highest BCUT2D eigenvalue weighted by molar-refractivity contribution is 6.16. The number of furan rings is 1. The molecule has 0 saturated heterocycles. The summed E-state index contributed by atoms with van der Waals surface area (Å²) in [5.74, 6) is 0. The van der Waals surface area contributed by atoms with E-state index in [0.717, 1.165) is 71.7 Å². The third-order valence-corrected chi connectivity index (χ3v) is 7.50. The Hall–Kier alpha value is -5.28. The number of benzene rings is 5. The van der Waals surface area contributed by atoms with E-state index in [-0.39, 0.29) is 0 Å². The maximum Gasteiger partial charge on any atom is 0.143 e. The van der Waals surface area contributed by atoms with E-state index in [2.05, 4.69) is 108 Å². The molecule has 0 fully saturated rings. The lowest BCUT2D eigenvalue weighted by atomic mass is 9.94. The van der Waals surface area contributed by atoms with Gasteiger partial charge in [-0.25, -0.2) is 4.98 Å². The third-order valence-electron chi connectivity index (χ3n) is 7.50. The zero-order valence-electron chi connectivity index (χ0n) is 21.0. The van der Waals surface area contributed by atoms with Gasteiger partial charge in [-0.3, -0.25) is 4.98 Å². The first-order valence-electron chi connectivity index (χ1n) is 13.1. The van der Waals surface area contributed by atoms with Crippen LogP contribution in [0.2, 0.25) is 0 Å². The zero-order chi connectivity index (χ0) is 25.8. The molecule has 0 radical (unpaired) electrons. The SMILES string of the molecule is c1ccc(-c2cc(-c3ccccc3)c3oc4cccc(-c5ccc6ccc7cccnc7c6n5)c4c3c2)cc1. The van der Waals surface area contributed by atoms with Gasteiger partial charge in [0.25, 0.3) is 0 Å². The van der Waals surface area contributed by atoms with E-state index in [1.807, 2.05) is 30.5 Å². The molecule has 8 aromatic rings. The Bertz CT molecular complexity index is 2160. The molecule has 3 aromatic heterocycles. The lowest BCUT2D eigenvalue weighted by Gasteiger charge is -2.09. The molecule has 0 aliphatic heterocycles. The molecular weight excluding hydrogens is 476 g/mol. The fourth-order valence-corrected chi connectivity index (χ4v) is 5.65. The van der Waals surface area contributed by atoms with Gasteiger partial charge < -0.3 is 4.42 Å². The molecule has 8 rings (SSSR count). The summed E-state index contributed by atoms with van der Waals surface area (Å²) in [4.78, 5) is 9.82. The van der Waals surface area contributed by atoms with E-state index in [1.54, 1.807) is 0 Å². The summed E-state index contributed by atoms with van der Waals surface area (Å²) in [5.41, 5.74) is 10.0. The second-order valence-corrected chi connectivity index (χ2v) is 9.82. The molecule has 0 N–H and O–H groups in total. The first kappa shape index (κ1) is 21.8. The van der Waals surface area contributed by atoms with Crippen LogP contribution >= 0.6 is 0 Å². The molecule has 0 aliphatic carbocycles. The van der Waals surface area contributed by atoms with Crippen LogP contribution in [0.25, 0.3) is 77.3 Å². The van der Waals surface area contributed by atoms with E-state index in [4.69, 9.17) is 9.40 Å². The summed E-state index contributed by atoms with van der Waals surface area (Å²) >= 11 is 0. The smallest absolute Gasteiger partial charge is 0.143 e. The van der Waals surface area contributed by atoms with Crippen molar-refractivity contribution in [2.24, 2.45) is 0 Å². The molecular formula is C36H22N2O. The van der Waals surface area contributed by atoms with E-state index in [0.29, 0.717) is 0 Å². The Morgan fingerprint density at radius 2 is 1.26 bits per heavy atom. The van der Waals surface area contributed by atoms with Gasteiger partial charge >= 0.3 is 0 Å². The number of fused-ring (bicyclic) bond motifs is 6. The van der Waals surface area contributed by atoms with Crippen LogP contribution in [0.3, 0.4) is 0 Å². The molecule has 182 valence electrons. The Morgan fingerprint density at radius 1 is 0.513 bits per heavy atom. The van der Waals surface area contributed by atoms with Crippen molar-refractivity contribution in [3.05, 3.63) is 134 Å². The molecule has 0 unspecified atom stereocenters. The summed E-state index contributed by atoms with van der Waals surface area (Å²) in [6, 6.07) is 44.2. The van der Waals surface area contributed by atoms with Crippen LogP contribution in [0.5, 0.6) is 0 Å². The van der Waals surface area contributed by atoms with Crippen molar-refractivity contribution in [1.82, 2.24) is 9.97 Å². The van der Waals surface area contributed by atoms with Gasteiger partial charge in [-0.2, -0.15) is 0 Å². The van der Waals surface area contributed by atoms with E-state index < -0.39 is 0 Å². The molecule has 5 aromatic carbocycles. The van der Waals surface area contributed by atoms with Gasteiger partial charge in [0.2, 0.25) is 0 Å². The average molecular weight is 499 g/mol. The first-order valence-corrected chi connectivity index (χ1v) is 13.1. The zero-order valence-corrected chi connectivity index (χ0v) is 21.0. The Labute approximate surface area is 225 Å². The van der Waals surface area contributed by atoms with Gasteiger partial charge in [0, 0.05) is 38.9 Å². The highest BCUT2D eigenvalue weighted by atomic mass is 16.3. The van der Waals surface area contributed by atoms with Gasteiger partial charge in [0.05, 0.1) is 16.7 Å². The average Bonchev–Trinajstić information content (AvgIpc) is 3.40. The maximum atomic E-state index is 6.61. The van der Waals surface area contributed by atoms with E-state index >= 15 is 0 Å². The molecule has 3 heteroatoms. The Morgan fingerprint density at radius 3 is 2.08 bits per heavy atom. The van der Waals surface area contributed by atoms with Crippen LogP contribution in [0.1, 0.15) is 0 Å². The number of pyridine rings is 2. The van der Waals surface area contributed by atoms with Gasteiger partial charge in [-0.1, -0.05) is 97.1 Å². The van der Waals surface area contributed by atoms with Crippen LogP contribution in [0.15, 0.2) is 138 Å². The second-order valence-electron chi connectivity index (χ2n) is 9.82. The van der Waals surface area contributed by atoms with Crippen molar-refractivity contribution in [2.75, 3.05) is 0 Å². The minimum atomic E-state index is 0.850. The minimum absolute atomic E-state index is 0.850. The predicted molar refractivity (Wildman–Crippen MR) is 161 cm³/mol. The van der Waals surface area contributed by atoms with Gasteiger partial charge in [-0.05, 0) is 47.0 Å². The fraction of sp³-hybridized carbons (Fsp3) is 0. The predicted octanol–water partition coefficient (Wildman–Crippen LogP) is 9.68. The quantitative estimate of drug-likeness (QED) is 0.228. The molecule has 0 saturated carbocycles. The van der Waals surface area contributed by atoms with Crippen LogP contribution in [-0.2, 0) is 0 Å². The van der Waals surface area contributed by atoms with Crippen LogP contribution < -0.4 is 0 Å². The topological polar surface area (TPSA) is 38.9 Å². The van der Waals surface area contributed by atoms with Crippen molar-refractivity contribution in [1.29, 1.82) is 0 Å². The highest BCUT2D eigenvalue weighted by Crippen LogP contribution is 2.43. The van der Waals surface area contributed by atoms with Crippen LogP contribution in [0, 0.1) is 0 Å². The maximum absolute atomic E-state index is 6.61. The van der Waals surface area contributed by atoms with Crippen LogP contribution in [0.4, 0.5) is 0 Å². The Kier molecular flexibility index (Phi) is 4.82. The number of aromatic nitrogens is 2. The summed E-state index contributed by atoms with van der Waals surface area (Å²) in [6.45, 7) is 0. The van der Waals surface area contributed by atoms with E-state index in [9.17, 15) is 0 Å². The molecule has 3 nitrogen and oxygen atoms in total. The summed E-state index contributed by atoms with van der Waals surface area (Å²) in [7, 11) is 0. The lowest BCUT2D eigenvalue weighted by molar-refractivity contribution is 0.670. The summed E-state index contributed by atoms with van der Waals surface area (Å²) in [5, 5.41) is 4.31. The van der Waals surface area contributed by atoms with Crippen molar-refractivity contribution >= 4 is 43.7 Å². The second kappa shape index (κ2) is 8.64. The molecule has 0 aliphatic rings. The third kappa shape index (κ3) is 3.52. The molecule has 0 spiro atoms. The van der Waals surface area contributed by atoms with Crippen molar-refractivity contribution in [3.63, 3.8) is 0 Å².